The van der Waals surface area contributed by atoms with Gasteiger partial charge in [-0.1, -0.05) is 0 Å². The zero-order valence-electron chi connectivity index (χ0n) is 12.8. The first-order chi connectivity index (χ1) is 10.2. The van der Waals surface area contributed by atoms with E-state index < -0.39 is 0 Å². The van der Waals surface area contributed by atoms with E-state index in [-0.39, 0.29) is 12.0 Å². The molecule has 0 aromatic carbocycles. The molecule has 1 aliphatic carbocycles. The number of unbranched alkanes of at least 4 members (excludes halogenated alkanes) is 1. The highest BCUT2D eigenvalue weighted by Gasteiger charge is 2.34. The highest BCUT2D eigenvalue weighted by atomic mass is 16.5. The summed E-state index contributed by atoms with van der Waals surface area (Å²) in [5.41, 5.74) is 0. The summed E-state index contributed by atoms with van der Waals surface area (Å²) >= 11 is 0. The van der Waals surface area contributed by atoms with Crippen LogP contribution in [0.1, 0.15) is 38.5 Å². The van der Waals surface area contributed by atoms with Crippen molar-refractivity contribution in [2.75, 3.05) is 33.4 Å². The molecule has 0 bridgehead atoms. The van der Waals surface area contributed by atoms with E-state index in [1.165, 1.54) is 7.11 Å². The quantitative estimate of drug-likeness (QED) is 0.545. The maximum absolute atomic E-state index is 12.2. The third-order valence-corrected chi connectivity index (χ3v) is 4.04. The molecule has 2 fully saturated rings. The van der Waals surface area contributed by atoms with Crippen LogP contribution in [0.2, 0.25) is 0 Å². The van der Waals surface area contributed by atoms with Gasteiger partial charge in [0.2, 0.25) is 0 Å². The summed E-state index contributed by atoms with van der Waals surface area (Å²) in [5, 5.41) is 2.96. The number of amides is 2. The molecule has 1 saturated carbocycles. The molecule has 0 radical (unpaired) electrons. The topological polar surface area (TPSA) is 67.9 Å². The molecule has 6 nitrogen and oxygen atoms in total. The van der Waals surface area contributed by atoms with Gasteiger partial charge in [-0.15, -0.1) is 0 Å². The van der Waals surface area contributed by atoms with Crippen molar-refractivity contribution in [3.05, 3.63) is 0 Å². The van der Waals surface area contributed by atoms with Gasteiger partial charge in [0.25, 0.3) is 0 Å². The number of esters is 1. The Morgan fingerprint density at radius 3 is 2.71 bits per heavy atom. The number of rotatable bonds is 8. The van der Waals surface area contributed by atoms with Crippen LogP contribution in [0, 0.1) is 5.92 Å². The van der Waals surface area contributed by atoms with Crippen LogP contribution in [0.5, 0.6) is 0 Å². The molecule has 6 heteroatoms. The lowest BCUT2D eigenvalue weighted by Crippen LogP contribution is -2.44. The minimum atomic E-state index is -0.192. The fourth-order valence-corrected chi connectivity index (χ4v) is 2.58. The average molecular weight is 298 g/mol. The highest BCUT2D eigenvalue weighted by molar-refractivity contribution is 5.75. The number of nitrogens with one attached hydrogen (secondary N) is 1. The number of hydrogen-bond acceptors (Lipinski definition) is 4. The third kappa shape index (κ3) is 5.53. The second-order valence-corrected chi connectivity index (χ2v) is 5.88. The second-order valence-electron chi connectivity index (χ2n) is 5.88. The molecule has 1 aliphatic heterocycles. The summed E-state index contributed by atoms with van der Waals surface area (Å²) in [6, 6.07) is 0.447. The molecule has 1 atom stereocenters. The average Bonchev–Trinajstić information content (AvgIpc) is 3.20. The number of carbonyl (C=O) groups excluding carboxylic acids is 2. The minimum absolute atomic E-state index is 0.0301. The first-order valence-corrected chi connectivity index (χ1v) is 7.89. The number of hydrogen-bond donors (Lipinski definition) is 1. The van der Waals surface area contributed by atoms with Gasteiger partial charge < -0.3 is 19.7 Å². The lowest BCUT2D eigenvalue weighted by atomic mass is 10.1. The molecule has 0 spiro atoms. The lowest BCUT2D eigenvalue weighted by Gasteiger charge is -2.25. The van der Waals surface area contributed by atoms with Crippen molar-refractivity contribution < 1.29 is 19.1 Å². The van der Waals surface area contributed by atoms with E-state index in [2.05, 4.69) is 10.1 Å². The Morgan fingerprint density at radius 1 is 1.29 bits per heavy atom. The van der Waals surface area contributed by atoms with Gasteiger partial charge >= 0.3 is 12.0 Å². The van der Waals surface area contributed by atoms with E-state index in [0.29, 0.717) is 24.9 Å². The smallest absolute Gasteiger partial charge is 0.317 e. The van der Waals surface area contributed by atoms with Crippen LogP contribution in [0.4, 0.5) is 4.79 Å². The number of carbonyl (C=O) groups is 2. The molecular formula is C15H26N2O4. The van der Waals surface area contributed by atoms with E-state index in [1.807, 2.05) is 4.90 Å². The van der Waals surface area contributed by atoms with Gasteiger partial charge in [-0.05, 0) is 32.1 Å². The summed E-state index contributed by atoms with van der Waals surface area (Å²) in [6.45, 7) is 3.01. The first kappa shape index (κ1) is 16.1. The maximum Gasteiger partial charge on any atom is 0.317 e. The second kappa shape index (κ2) is 8.22. The predicted molar refractivity (Wildman–Crippen MR) is 77.9 cm³/mol. The number of urea groups is 1. The van der Waals surface area contributed by atoms with Crippen LogP contribution >= 0.6 is 0 Å². The fraction of sp³-hybridized carbons (Fsp3) is 0.867. The third-order valence-electron chi connectivity index (χ3n) is 4.04. The van der Waals surface area contributed by atoms with Crippen LogP contribution in [0.15, 0.2) is 0 Å². The Bertz CT molecular complexity index is 352. The Hall–Kier alpha value is -1.30. The van der Waals surface area contributed by atoms with Crippen LogP contribution in [0.3, 0.4) is 0 Å². The fourth-order valence-electron chi connectivity index (χ4n) is 2.58. The molecule has 0 aromatic rings. The molecule has 1 saturated heterocycles. The van der Waals surface area contributed by atoms with Gasteiger partial charge in [-0.3, -0.25) is 4.79 Å². The number of methoxy groups -OCH3 is 1. The van der Waals surface area contributed by atoms with Gasteiger partial charge in [0.1, 0.15) is 0 Å². The van der Waals surface area contributed by atoms with Gasteiger partial charge in [0.05, 0.1) is 13.7 Å². The molecule has 21 heavy (non-hydrogen) atoms. The van der Waals surface area contributed by atoms with E-state index in [9.17, 15) is 9.59 Å². The van der Waals surface area contributed by atoms with Crippen molar-refractivity contribution in [1.29, 1.82) is 0 Å². The van der Waals surface area contributed by atoms with Crippen molar-refractivity contribution in [3.63, 3.8) is 0 Å². The van der Waals surface area contributed by atoms with Crippen LogP contribution in [-0.2, 0) is 14.3 Å². The molecule has 1 heterocycles. The Balaban J connectivity index is 1.63. The summed E-state index contributed by atoms with van der Waals surface area (Å²) in [6.07, 6.45) is 5.24. The Morgan fingerprint density at radius 2 is 2.10 bits per heavy atom. The molecule has 2 aliphatic rings. The zero-order valence-corrected chi connectivity index (χ0v) is 12.8. The Kier molecular flexibility index (Phi) is 6.29. The zero-order chi connectivity index (χ0) is 15.1. The summed E-state index contributed by atoms with van der Waals surface area (Å²) in [4.78, 5) is 25.2. The van der Waals surface area contributed by atoms with E-state index in [1.54, 1.807) is 0 Å². The summed E-state index contributed by atoms with van der Waals surface area (Å²) in [5.74, 6) is 0.290. The van der Waals surface area contributed by atoms with Crippen molar-refractivity contribution in [3.8, 4) is 0 Å². The summed E-state index contributed by atoms with van der Waals surface area (Å²) < 4.78 is 9.97. The minimum Gasteiger partial charge on any atom is -0.469 e. The normalized spacial score (nSPS) is 21.1. The van der Waals surface area contributed by atoms with Crippen molar-refractivity contribution in [2.45, 2.75) is 44.6 Å². The van der Waals surface area contributed by atoms with Gasteiger partial charge in [-0.25, -0.2) is 4.79 Å². The SMILES string of the molecule is COC(=O)CCCCNC(=O)N(CC1CCOC1)C1CC1. The van der Waals surface area contributed by atoms with E-state index >= 15 is 0 Å². The molecule has 2 rings (SSSR count). The summed E-state index contributed by atoms with van der Waals surface area (Å²) in [7, 11) is 1.39. The molecule has 1 unspecified atom stereocenters. The van der Waals surface area contributed by atoms with E-state index in [0.717, 1.165) is 51.9 Å². The standard InChI is InChI=1S/C15H26N2O4/c1-20-14(18)4-2-3-8-16-15(19)17(13-5-6-13)10-12-7-9-21-11-12/h12-13H,2-11H2,1H3,(H,16,19). The Labute approximate surface area is 126 Å². The predicted octanol–water partition coefficient (Wildman–Crippen LogP) is 1.54. The molecule has 0 aromatic heterocycles. The maximum atomic E-state index is 12.2. The molecular weight excluding hydrogens is 272 g/mol. The van der Waals surface area contributed by atoms with Crippen LogP contribution in [0.25, 0.3) is 0 Å². The molecule has 2 amide bonds. The number of nitrogens with zero attached hydrogens (tertiary/aromatic N) is 1. The monoisotopic (exact) mass is 298 g/mol. The molecule has 1 N–H and O–H groups in total. The van der Waals surface area contributed by atoms with E-state index in [4.69, 9.17) is 4.74 Å². The van der Waals surface area contributed by atoms with Crippen molar-refractivity contribution >= 4 is 12.0 Å². The highest BCUT2D eigenvalue weighted by Crippen LogP contribution is 2.28. The van der Waals surface area contributed by atoms with Crippen LogP contribution < -0.4 is 5.32 Å². The van der Waals surface area contributed by atoms with Gasteiger partial charge in [-0.2, -0.15) is 0 Å². The number of ether oxygens (including phenoxy) is 2. The van der Waals surface area contributed by atoms with Gasteiger partial charge in [0, 0.05) is 38.1 Å². The first-order valence-electron chi connectivity index (χ1n) is 7.89. The molecule has 120 valence electrons. The van der Waals surface area contributed by atoms with Crippen molar-refractivity contribution in [1.82, 2.24) is 10.2 Å². The van der Waals surface area contributed by atoms with Gasteiger partial charge in [0.15, 0.2) is 0 Å². The van der Waals surface area contributed by atoms with Crippen molar-refractivity contribution in [2.24, 2.45) is 5.92 Å². The van der Waals surface area contributed by atoms with Crippen LogP contribution in [-0.4, -0.2) is 56.4 Å². The lowest BCUT2D eigenvalue weighted by molar-refractivity contribution is -0.140. The largest absolute Gasteiger partial charge is 0.469 e.